The molecular weight excluding hydrogens is 295 g/mol. The van der Waals surface area contributed by atoms with Gasteiger partial charge in [-0.15, -0.1) is 0 Å². The SMILES string of the molecule is CC1CCCC(O)(CNS(=O)(=O)CCCC(F)(F)F)C1. The zero-order valence-electron chi connectivity index (χ0n) is 11.5. The van der Waals surface area contributed by atoms with Crippen LogP contribution < -0.4 is 4.72 Å². The van der Waals surface area contributed by atoms with Gasteiger partial charge in [-0.3, -0.25) is 0 Å². The molecule has 0 aromatic rings. The van der Waals surface area contributed by atoms with Gasteiger partial charge in [0.15, 0.2) is 0 Å². The second kappa shape index (κ2) is 6.62. The lowest BCUT2D eigenvalue weighted by molar-refractivity contribution is -0.134. The zero-order valence-corrected chi connectivity index (χ0v) is 12.4. The van der Waals surface area contributed by atoms with Crippen LogP contribution in [0.25, 0.3) is 0 Å². The summed E-state index contributed by atoms with van der Waals surface area (Å²) in [5.41, 5.74) is -1.07. The Balaban J connectivity index is 2.39. The van der Waals surface area contributed by atoms with Crippen LogP contribution in [0.15, 0.2) is 0 Å². The topological polar surface area (TPSA) is 66.4 Å². The summed E-state index contributed by atoms with van der Waals surface area (Å²) in [6.07, 6.45) is -3.07. The molecule has 0 bridgehead atoms. The van der Waals surface area contributed by atoms with Gasteiger partial charge in [0.1, 0.15) is 0 Å². The highest BCUT2D eigenvalue weighted by atomic mass is 32.2. The maximum Gasteiger partial charge on any atom is 0.389 e. The molecule has 0 spiro atoms. The lowest BCUT2D eigenvalue weighted by Gasteiger charge is -2.35. The molecule has 0 saturated heterocycles. The Bertz CT molecular complexity index is 411. The molecule has 120 valence electrons. The number of hydrogen-bond donors (Lipinski definition) is 2. The number of aliphatic hydroxyl groups is 1. The predicted octanol–water partition coefficient (Wildman–Crippen LogP) is 2.19. The highest BCUT2D eigenvalue weighted by Gasteiger charge is 2.34. The van der Waals surface area contributed by atoms with Crippen LogP contribution in [0, 0.1) is 5.92 Å². The number of halogens is 3. The van der Waals surface area contributed by atoms with Crippen molar-refractivity contribution < 1.29 is 26.7 Å². The van der Waals surface area contributed by atoms with Crippen molar-refractivity contribution in [2.75, 3.05) is 12.3 Å². The van der Waals surface area contributed by atoms with E-state index in [0.717, 1.165) is 12.8 Å². The number of rotatable bonds is 6. The number of sulfonamides is 1. The van der Waals surface area contributed by atoms with Crippen LogP contribution in [0.4, 0.5) is 13.2 Å². The Kier molecular flexibility index (Phi) is 5.86. The fourth-order valence-electron chi connectivity index (χ4n) is 2.57. The Morgan fingerprint density at radius 3 is 2.60 bits per heavy atom. The van der Waals surface area contributed by atoms with Gasteiger partial charge in [-0.05, 0) is 25.2 Å². The van der Waals surface area contributed by atoms with Crippen LogP contribution in [-0.4, -0.2) is 37.6 Å². The average molecular weight is 317 g/mol. The number of nitrogens with one attached hydrogen (secondary N) is 1. The predicted molar refractivity (Wildman–Crippen MR) is 69.7 cm³/mol. The van der Waals surface area contributed by atoms with Gasteiger partial charge in [0.25, 0.3) is 0 Å². The maximum atomic E-state index is 12.0. The Morgan fingerprint density at radius 1 is 1.40 bits per heavy atom. The van der Waals surface area contributed by atoms with Gasteiger partial charge in [0.05, 0.1) is 11.4 Å². The van der Waals surface area contributed by atoms with Crippen molar-refractivity contribution in [1.29, 1.82) is 0 Å². The third kappa shape index (κ3) is 6.90. The first-order valence-electron chi connectivity index (χ1n) is 6.78. The number of alkyl halides is 3. The summed E-state index contributed by atoms with van der Waals surface area (Å²) in [7, 11) is -3.77. The van der Waals surface area contributed by atoms with Crippen LogP contribution in [0.5, 0.6) is 0 Å². The van der Waals surface area contributed by atoms with Crippen LogP contribution in [0.1, 0.15) is 45.4 Å². The molecule has 0 aliphatic heterocycles. The van der Waals surface area contributed by atoms with Gasteiger partial charge >= 0.3 is 6.18 Å². The molecule has 2 N–H and O–H groups in total. The van der Waals surface area contributed by atoms with Crippen molar-refractivity contribution in [3.05, 3.63) is 0 Å². The van der Waals surface area contributed by atoms with E-state index < -0.39 is 40.4 Å². The zero-order chi connectivity index (χ0) is 15.4. The third-order valence-electron chi connectivity index (χ3n) is 3.56. The van der Waals surface area contributed by atoms with E-state index in [2.05, 4.69) is 4.72 Å². The van der Waals surface area contributed by atoms with Crippen LogP contribution in [0.3, 0.4) is 0 Å². The van der Waals surface area contributed by atoms with Crippen molar-refractivity contribution in [3.63, 3.8) is 0 Å². The van der Waals surface area contributed by atoms with E-state index in [1.54, 1.807) is 0 Å². The minimum absolute atomic E-state index is 0.119. The summed E-state index contributed by atoms with van der Waals surface area (Å²) < 4.78 is 61.3. The molecule has 1 aliphatic rings. The Hall–Kier alpha value is -0.340. The molecule has 1 rings (SSSR count). The molecule has 1 fully saturated rings. The fraction of sp³-hybridized carbons (Fsp3) is 1.00. The van der Waals surface area contributed by atoms with Crippen LogP contribution in [-0.2, 0) is 10.0 Å². The molecule has 0 aromatic carbocycles. The molecule has 0 amide bonds. The summed E-state index contributed by atoms with van der Waals surface area (Å²) in [6, 6.07) is 0. The Morgan fingerprint density at radius 2 is 2.05 bits per heavy atom. The fourth-order valence-corrected chi connectivity index (χ4v) is 3.73. The molecule has 0 radical (unpaired) electrons. The third-order valence-corrected chi connectivity index (χ3v) is 4.97. The second-order valence-corrected chi connectivity index (χ2v) is 7.71. The first-order chi connectivity index (χ1) is 9.02. The van der Waals surface area contributed by atoms with E-state index in [4.69, 9.17) is 0 Å². The maximum absolute atomic E-state index is 12.0. The molecular formula is C12H22F3NO3S. The summed E-state index contributed by atoms with van der Waals surface area (Å²) in [5, 5.41) is 10.3. The first kappa shape index (κ1) is 17.7. The van der Waals surface area contributed by atoms with E-state index in [9.17, 15) is 26.7 Å². The van der Waals surface area contributed by atoms with E-state index >= 15 is 0 Å². The van der Waals surface area contributed by atoms with Crippen molar-refractivity contribution in [3.8, 4) is 0 Å². The first-order valence-corrected chi connectivity index (χ1v) is 8.43. The molecule has 2 unspecified atom stereocenters. The summed E-state index contributed by atoms with van der Waals surface area (Å²) in [6.45, 7) is 1.87. The highest BCUT2D eigenvalue weighted by molar-refractivity contribution is 7.89. The van der Waals surface area contributed by atoms with Gasteiger partial charge in [-0.2, -0.15) is 13.2 Å². The van der Waals surface area contributed by atoms with Crippen LogP contribution >= 0.6 is 0 Å². The molecule has 1 aliphatic carbocycles. The van der Waals surface area contributed by atoms with Gasteiger partial charge in [0.2, 0.25) is 10.0 Å². The van der Waals surface area contributed by atoms with E-state index in [1.807, 2.05) is 6.92 Å². The normalized spacial score (nSPS) is 28.6. The van der Waals surface area contributed by atoms with Gasteiger partial charge in [0, 0.05) is 13.0 Å². The monoisotopic (exact) mass is 317 g/mol. The lowest BCUT2D eigenvalue weighted by atomic mass is 9.79. The van der Waals surface area contributed by atoms with Crippen molar-refractivity contribution >= 4 is 10.0 Å². The molecule has 20 heavy (non-hydrogen) atoms. The van der Waals surface area contributed by atoms with Crippen molar-refractivity contribution in [2.45, 2.75) is 57.2 Å². The van der Waals surface area contributed by atoms with E-state index in [1.165, 1.54) is 0 Å². The minimum Gasteiger partial charge on any atom is -0.389 e. The van der Waals surface area contributed by atoms with E-state index in [-0.39, 0.29) is 6.54 Å². The molecule has 0 aromatic heterocycles. The highest BCUT2D eigenvalue weighted by Crippen LogP contribution is 2.31. The standard InChI is InChI=1S/C12H22F3NO3S/c1-10-4-2-5-11(17,8-10)9-16-20(18,19)7-3-6-12(13,14)15/h10,16-17H,2-9H2,1H3. The number of hydrogen-bond acceptors (Lipinski definition) is 3. The largest absolute Gasteiger partial charge is 0.389 e. The van der Waals surface area contributed by atoms with Crippen LogP contribution in [0.2, 0.25) is 0 Å². The van der Waals surface area contributed by atoms with Gasteiger partial charge in [-0.1, -0.05) is 19.8 Å². The average Bonchev–Trinajstić information content (AvgIpc) is 2.24. The smallest absolute Gasteiger partial charge is 0.389 e. The van der Waals surface area contributed by atoms with Crippen molar-refractivity contribution in [1.82, 2.24) is 4.72 Å². The lowest BCUT2D eigenvalue weighted by Crippen LogP contribution is -2.46. The molecule has 4 nitrogen and oxygen atoms in total. The van der Waals surface area contributed by atoms with Gasteiger partial charge < -0.3 is 5.11 Å². The second-order valence-electron chi connectivity index (χ2n) is 5.78. The molecule has 0 heterocycles. The summed E-state index contributed by atoms with van der Waals surface area (Å²) in [4.78, 5) is 0. The Labute approximate surface area is 117 Å². The van der Waals surface area contributed by atoms with E-state index in [0.29, 0.717) is 18.8 Å². The summed E-state index contributed by atoms with van der Waals surface area (Å²) >= 11 is 0. The van der Waals surface area contributed by atoms with Gasteiger partial charge in [-0.25, -0.2) is 13.1 Å². The molecule has 1 saturated carbocycles. The van der Waals surface area contributed by atoms with Crippen molar-refractivity contribution in [2.24, 2.45) is 5.92 Å². The minimum atomic E-state index is -4.34. The molecule has 2 atom stereocenters. The quantitative estimate of drug-likeness (QED) is 0.789. The summed E-state index contributed by atoms with van der Waals surface area (Å²) in [5.74, 6) is -0.249. The molecule has 8 heteroatoms.